The van der Waals surface area contributed by atoms with E-state index in [4.69, 9.17) is 4.74 Å². The van der Waals surface area contributed by atoms with Crippen LogP contribution < -0.4 is 15.4 Å². The van der Waals surface area contributed by atoms with E-state index < -0.39 is 0 Å². The van der Waals surface area contributed by atoms with Gasteiger partial charge in [0.2, 0.25) is 0 Å². The van der Waals surface area contributed by atoms with Crippen molar-refractivity contribution >= 4 is 30.7 Å². The van der Waals surface area contributed by atoms with E-state index in [1.807, 2.05) is 20.9 Å². The number of nitrogens with zero attached hydrogens (tertiary/aromatic N) is 1. The van der Waals surface area contributed by atoms with Gasteiger partial charge in [-0.05, 0) is 33.0 Å². The van der Waals surface area contributed by atoms with Crippen LogP contribution in [0.1, 0.15) is 24.3 Å². The quantitative estimate of drug-likeness (QED) is 0.785. The molecule has 0 unspecified atom stereocenters. The van der Waals surface area contributed by atoms with Crippen LogP contribution in [0.2, 0.25) is 0 Å². The van der Waals surface area contributed by atoms with Crippen LogP contribution >= 0.6 is 24.8 Å². The van der Waals surface area contributed by atoms with Gasteiger partial charge in [0.25, 0.3) is 5.91 Å². The van der Waals surface area contributed by atoms with Gasteiger partial charge in [-0.3, -0.25) is 4.79 Å². The molecule has 0 spiro atoms. The molecule has 1 rings (SSSR count). The third-order valence-electron chi connectivity index (χ3n) is 2.01. The molecular formula is C12H21Cl2N3O2. The Morgan fingerprint density at radius 2 is 2.05 bits per heavy atom. The minimum atomic E-state index is -0.212. The molecule has 0 fully saturated rings. The average Bonchev–Trinajstić information content (AvgIpc) is 2.29. The summed E-state index contributed by atoms with van der Waals surface area (Å²) in [5.74, 6) is 0.306. The van der Waals surface area contributed by atoms with Crippen LogP contribution in [0, 0.1) is 0 Å². The summed E-state index contributed by atoms with van der Waals surface area (Å²) in [4.78, 5) is 15.9. The number of likely N-dealkylation sites (N-methyl/N-ethyl adjacent to an activating group) is 1. The van der Waals surface area contributed by atoms with Crippen molar-refractivity contribution in [3.8, 4) is 5.75 Å². The van der Waals surface area contributed by atoms with Gasteiger partial charge in [-0.1, -0.05) is 0 Å². The number of rotatable bonds is 6. The topological polar surface area (TPSA) is 63.2 Å². The number of hydrogen-bond donors (Lipinski definition) is 2. The summed E-state index contributed by atoms with van der Waals surface area (Å²) in [6, 6.07) is 3.50. The molecule has 2 N–H and O–H groups in total. The zero-order valence-corrected chi connectivity index (χ0v) is 12.9. The molecule has 0 saturated heterocycles. The lowest BCUT2D eigenvalue weighted by Crippen LogP contribution is -2.31. The molecule has 1 heterocycles. The maximum atomic E-state index is 11.8. The van der Waals surface area contributed by atoms with Gasteiger partial charge in [0.05, 0.1) is 6.10 Å². The predicted molar refractivity (Wildman–Crippen MR) is 80.8 cm³/mol. The fourth-order valence-corrected chi connectivity index (χ4v) is 1.29. The highest BCUT2D eigenvalue weighted by Crippen LogP contribution is 2.16. The third kappa shape index (κ3) is 7.20. The first kappa shape index (κ1) is 20.3. The van der Waals surface area contributed by atoms with E-state index in [0.717, 1.165) is 6.54 Å². The molecule has 1 amide bonds. The fraction of sp³-hybridized carbons (Fsp3) is 0.500. The summed E-state index contributed by atoms with van der Waals surface area (Å²) < 4.78 is 5.53. The van der Waals surface area contributed by atoms with E-state index in [0.29, 0.717) is 18.0 Å². The summed E-state index contributed by atoms with van der Waals surface area (Å²) >= 11 is 0. The van der Waals surface area contributed by atoms with Crippen molar-refractivity contribution in [3.05, 3.63) is 24.0 Å². The Balaban J connectivity index is 0. The molecule has 0 aliphatic carbocycles. The lowest BCUT2D eigenvalue weighted by Gasteiger charge is -2.13. The molecule has 0 aromatic carbocycles. The first-order valence-electron chi connectivity index (χ1n) is 5.69. The Labute approximate surface area is 126 Å². The number of amides is 1. The number of hydrogen-bond acceptors (Lipinski definition) is 4. The van der Waals surface area contributed by atoms with Crippen LogP contribution in [-0.4, -0.2) is 37.1 Å². The highest BCUT2D eigenvalue weighted by molar-refractivity contribution is 5.94. The molecule has 110 valence electrons. The molecule has 0 bridgehead atoms. The number of halogens is 2. The predicted octanol–water partition coefficient (Wildman–Crippen LogP) is 1.66. The first-order valence-corrected chi connectivity index (χ1v) is 5.69. The lowest BCUT2D eigenvalue weighted by molar-refractivity contribution is 0.0942. The van der Waals surface area contributed by atoms with Crippen molar-refractivity contribution in [2.45, 2.75) is 20.0 Å². The van der Waals surface area contributed by atoms with Crippen LogP contribution in [0.4, 0.5) is 0 Å². The molecule has 0 atom stereocenters. The summed E-state index contributed by atoms with van der Waals surface area (Å²) in [5.41, 5.74) is 0.331. The highest BCUT2D eigenvalue weighted by Gasteiger charge is 2.13. The summed E-state index contributed by atoms with van der Waals surface area (Å²) in [5, 5.41) is 5.72. The molecule has 7 heteroatoms. The Morgan fingerprint density at radius 3 is 2.63 bits per heavy atom. The highest BCUT2D eigenvalue weighted by atomic mass is 35.5. The van der Waals surface area contributed by atoms with Crippen LogP contribution in [-0.2, 0) is 0 Å². The second-order valence-electron chi connectivity index (χ2n) is 3.88. The van der Waals surface area contributed by atoms with Gasteiger partial charge in [-0.25, -0.2) is 4.98 Å². The van der Waals surface area contributed by atoms with Gasteiger partial charge in [-0.15, -0.1) is 24.8 Å². The fourth-order valence-electron chi connectivity index (χ4n) is 1.29. The van der Waals surface area contributed by atoms with Crippen LogP contribution in [0.15, 0.2) is 18.3 Å². The molecule has 0 aliphatic heterocycles. The van der Waals surface area contributed by atoms with Gasteiger partial charge in [-0.2, -0.15) is 0 Å². The van der Waals surface area contributed by atoms with Crippen molar-refractivity contribution in [1.82, 2.24) is 15.6 Å². The van der Waals surface area contributed by atoms with Crippen LogP contribution in [0.5, 0.6) is 5.75 Å². The Kier molecular flexibility index (Phi) is 11.6. The molecular weight excluding hydrogens is 289 g/mol. The normalized spacial score (nSPS) is 9.26. The van der Waals surface area contributed by atoms with Crippen molar-refractivity contribution in [2.75, 3.05) is 20.1 Å². The second kappa shape index (κ2) is 10.8. The number of aromatic nitrogens is 1. The number of carbonyl (C=O) groups excluding carboxylic acids is 1. The molecule has 0 saturated carbocycles. The molecule has 0 radical (unpaired) electrons. The second-order valence-corrected chi connectivity index (χ2v) is 3.88. The smallest absolute Gasteiger partial charge is 0.273 e. The summed E-state index contributed by atoms with van der Waals surface area (Å²) in [7, 11) is 1.83. The number of carbonyl (C=O) groups is 1. The number of pyridine rings is 1. The maximum Gasteiger partial charge on any atom is 0.273 e. The zero-order valence-electron chi connectivity index (χ0n) is 11.3. The number of ether oxygens (including phenoxy) is 1. The standard InChI is InChI=1S/C12H19N3O2.2ClH/c1-9(2)17-10-5-4-6-14-11(10)12(16)15-8-7-13-3;;/h4-6,9,13H,7-8H2,1-3H3,(H,15,16);2*1H. The van der Waals surface area contributed by atoms with E-state index in [9.17, 15) is 4.79 Å². The Morgan fingerprint density at radius 1 is 1.37 bits per heavy atom. The lowest BCUT2D eigenvalue weighted by atomic mass is 10.3. The monoisotopic (exact) mass is 309 g/mol. The van der Waals surface area contributed by atoms with Crippen molar-refractivity contribution in [3.63, 3.8) is 0 Å². The van der Waals surface area contributed by atoms with E-state index in [-0.39, 0.29) is 36.8 Å². The maximum absolute atomic E-state index is 11.8. The van der Waals surface area contributed by atoms with E-state index in [1.54, 1.807) is 18.3 Å². The van der Waals surface area contributed by atoms with Gasteiger partial charge in [0, 0.05) is 19.3 Å². The van der Waals surface area contributed by atoms with Gasteiger partial charge >= 0.3 is 0 Å². The zero-order chi connectivity index (χ0) is 12.7. The number of nitrogens with one attached hydrogen (secondary N) is 2. The first-order chi connectivity index (χ1) is 8.15. The van der Waals surface area contributed by atoms with Gasteiger partial charge in [0.15, 0.2) is 11.4 Å². The van der Waals surface area contributed by atoms with Crippen LogP contribution in [0.3, 0.4) is 0 Å². The molecule has 0 aliphatic rings. The van der Waals surface area contributed by atoms with Crippen molar-refractivity contribution in [2.24, 2.45) is 0 Å². The summed E-state index contributed by atoms with van der Waals surface area (Å²) in [6.45, 7) is 5.11. The Bertz CT molecular complexity index is 376. The van der Waals surface area contributed by atoms with Gasteiger partial charge < -0.3 is 15.4 Å². The van der Waals surface area contributed by atoms with Crippen molar-refractivity contribution in [1.29, 1.82) is 0 Å². The van der Waals surface area contributed by atoms with E-state index >= 15 is 0 Å². The average molecular weight is 310 g/mol. The molecule has 19 heavy (non-hydrogen) atoms. The van der Waals surface area contributed by atoms with Gasteiger partial charge in [0.1, 0.15) is 0 Å². The van der Waals surface area contributed by atoms with Crippen LogP contribution in [0.25, 0.3) is 0 Å². The molecule has 1 aromatic heterocycles. The Hall–Kier alpha value is -1.04. The molecule has 5 nitrogen and oxygen atoms in total. The molecule has 1 aromatic rings. The van der Waals surface area contributed by atoms with E-state index in [1.165, 1.54) is 0 Å². The minimum Gasteiger partial charge on any atom is -0.489 e. The van der Waals surface area contributed by atoms with E-state index in [2.05, 4.69) is 15.6 Å². The SMILES string of the molecule is CNCCNC(=O)c1ncccc1OC(C)C.Cl.Cl. The summed E-state index contributed by atoms with van der Waals surface area (Å²) in [6.07, 6.45) is 1.60. The third-order valence-corrected chi connectivity index (χ3v) is 2.01. The van der Waals surface area contributed by atoms with Crippen molar-refractivity contribution < 1.29 is 9.53 Å². The minimum absolute atomic E-state index is 0. The largest absolute Gasteiger partial charge is 0.489 e.